The van der Waals surface area contributed by atoms with Crippen molar-refractivity contribution < 1.29 is 4.79 Å². The highest BCUT2D eigenvalue weighted by molar-refractivity contribution is 6.03. The summed E-state index contributed by atoms with van der Waals surface area (Å²) in [5.41, 5.74) is 9.16. The number of fused-ring (bicyclic) bond motifs is 1. The molecule has 1 amide bonds. The number of para-hydroxylation sites is 3. The summed E-state index contributed by atoms with van der Waals surface area (Å²) in [7, 11) is 0. The van der Waals surface area contributed by atoms with Gasteiger partial charge in [0.15, 0.2) is 0 Å². The first kappa shape index (κ1) is 14.6. The summed E-state index contributed by atoms with van der Waals surface area (Å²) < 4.78 is 0. The number of amides is 1. The molecule has 2 aromatic rings. The predicted octanol–water partition coefficient (Wildman–Crippen LogP) is 2.91. The smallest absolute Gasteiger partial charge is 0.246 e. The monoisotopic (exact) mass is 295 g/mol. The molecule has 1 aliphatic heterocycles. The van der Waals surface area contributed by atoms with E-state index < -0.39 is 6.04 Å². The van der Waals surface area contributed by atoms with Crippen molar-refractivity contribution in [3.8, 4) is 0 Å². The van der Waals surface area contributed by atoms with E-state index in [9.17, 15) is 4.79 Å². The topological polar surface area (TPSA) is 49.6 Å². The molecule has 2 aromatic carbocycles. The van der Waals surface area contributed by atoms with Crippen LogP contribution in [0.15, 0.2) is 54.6 Å². The molecule has 1 atom stereocenters. The van der Waals surface area contributed by atoms with Gasteiger partial charge in [0.2, 0.25) is 5.91 Å². The molecular weight excluding hydrogens is 274 g/mol. The molecule has 0 spiro atoms. The van der Waals surface area contributed by atoms with E-state index in [-0.39, 0.29) is 11.9 Å². The number of hydrogen-bond acceptors (Lipinski definition) is 3. The third-order valence-electron chi connectivity index (χ3n) is 3.95. The minimum Gasteiger partial charge on any atom is -0.338 e. The Labute approximate surface area is 131 Å². The van der Waals surface area contributed by atoms with Gasteiger partial charge in [-0.15, -0.1) is 0 Å². The predicted molar refractivity (Wildman–Crippen MR) is 90.5 cm³/mol. The number of rotatable bonds is 2. The molecule has 0 aliphatic carbocycles. The molecule has 2 N–H and O–H groups in total. The second kappa shape index (κ2) is 5.81. The Morgan fingerprint density at radius 3 is 2.23 bits per heavy atom. The third-order valence-corrected chi connectivity index (χ3v) is 3.95. The quantitative estimate of drug-likeness (QED) is 0.927. The van der Waals surface area contributed by atoms with Crippen LogP contribution < -0.4 is 15.5 Å². The SMILES string of the molecule is CC(C)N1C(=O)[C@H](N)CN(c2ccccc2)c2ccccc21. The molecule has 0 fully saturated rings. The van der Waals surface area contributed by atoms with E-state index in [0.29, 0.717) is 6.54 Å². The number of hydrogen-bond donors (Lipinski definition) is 1. The first-order valence-corrected chi connectivity index (χ1v) is 7.60. The Bertz CT molecular complexity index is 669. The normalized spacial score (nSPS) is 18.4. The van der Waals surface area contributed by atoms with Crippen LogP contribution in [0.4, 0.5) is 17.1 Å². The molecule has 114 valence electrons. The second-order valence-electron chi connectivity index (χ2n) is 5.84. The van der Waals surface area contributed by atoms with Crippen LogP contribution >= 0.6 is 0 Å². The number of benzene rings is 2. The molecule has 1 heterocycles. The Morgan fingerprint density at radius 1 is 1.00 bits per heavy atom. The summed E-state index contributed by atoms with van der Waals surface area (Å²) in [6.45, 7) is 4.50. The molecule has 22 heavy (non-hydrogen) atoms. The standard InChI is InChI=1S/C18H21N3O/c1-13(2)21-17-11-7-6-10-16(17)20(12-15(19)18(21)22)14-8-4-3-5-9-14/h3-11,13,15H,12,19H2,1-2H3/t15-/m1/s1. The Morgan fingerprint density at radius 2 is 1.59 bits per heavy atom. The minimum atomic E-state index is -0.546. The van der Waals surface area contributed by atoms with Gasteiger partial charge in [0.05, 0.1) is 11.4 Å². The molecule has 0 bridgehead atoms. The number of nitrogens with zero attached hydrogens (tertiary/aromatic N) is 2. The number of nitrogens with two attached hydrogens (primary N) is 1. The minimum absolute atomic E-state index is 0.0270. The highest BCUT2D eigenvalue weighted by atomic mass is 16.2. The lowest BCUT2D eigenvalue weighted by atomic mass is 10.2. The largest absolute Gasteiger partial charge is 0.338 e. The maximum absolute atomic E-state index is 12.7. The van der Waals surface area contributed by atoms with Crippen LogP contribution in [0.2, 0.25) is 0 Å². The van der Waals surface area contributed by atoms with Gasteiger partial charge in [-0.3, -0.25) is 4.79 Å². The van der Waals surface area contributed by atoms with E-state index >= 15 is 0 Å². The van der Waals surface area contributed by atoms with Crippen LogP contribution in [0.3, 0.4) is 0 Å². The van der Waals surface area contributed by atoms with Gasteiger partial charge in [0.1, 0.15) is 6.04 Å². The zero-order chi connectivity index (χ0) is 15.7. The Hall–Kier alpha value is -2.33. The van der Waals surface area contributed by atoms with Crippen molar-refractivity contribution in [1.29, 1.82) is 0 Å². The zero-order valence-corrected chi connectivity index (χ0v) is 12.9. The van der Waals surface area contributed by atoms with Gasteiger partial charge in [-0.25, -0.2) is 0 Å². The van der Waals surface area contributed by atoms with Crippen molar-refractivity contribution in [2.75, 3.05) is 16.3 Å². The van der Waals surface area contributed by atoms with Gasteiger partial charge in [0.25, 0.3) is 0 Å². The van der Waals surface area contributed by atoms with Crippen molar-refractivity contribution >= 4 is 23.0 Å². The Balaban J connectivity index is 2.17. The van der Waals surface area contributed by atoms with Gasteiger partial charge in [-0.1, -0.05) is 30.3 Å². The number of anilines is 3. The van der Waals surface area contributed by atoms with Crippen molar-refractivity contribution in [3.05, 3.63) is 54.6 Å². The third kappa shape index (κ3) is 2.46. The lowest BCUT2D eigenvalue weighted by Gasteiger charge is -2.28. The lowest BCUT2D eigenvalue weighted by molar-refractivity contribution is -0.119. The summed E-state index contributed by atoms with van der Waals surface area (Å²) in [5.74, 6) is -0.0270. The van der Waals surface area contributed by atoms with Crippen LogP contribution in [0.25, 0.3) is 0 Å². The molecule has 3 rings (SSSR count). The average molecular weight is 295 g/mol. The number of carbonyl (C=O) groups is 1. The van der Waals surface area contributed by atoms with Gasteiger partial charge in [-0.2, -0.15) is 0 Å². The molecule has 0 unspecified atom stereocenters. The van der Waals surface area contributed by atoms with E-state index in [0.717, 1.165) is 17.1 Å². The zero-order valence-electron chi connectivity index (χ0n) is 12.9. The first-order chi connectivity index (χ1) is 10.6. The van der Waals surface area contributed by atoms with Gasteiger partial charge in [0, 0.05) is 18.3 Å². The molecule has 4 nitrogen and oxygen atoms in total. The fraction of sp³-hybridized carbons (Fsp3) is 0.278. The highest BCUT2D eigenvalue weighted by Crippen LogP contribution is 2.37. The molecule has 0 radical (unpaired) electrons. The van der Waals surface area contributed by atoms with E-state index in [1.54, 1.807) is 0 Å². The number of carbonyl (C=O) groups excluding carboxylic acids is 1. The molecular formula is C18H21N3O. The Kier molecular flexibility index (Phi) is 3.86. The molecule has 4 heteroatoms. The fourth-order valence-corrected chi connectivity index (χ4v) is 2.95. The maximum Gasteiger partial charge on any atom is 0.246 e. The van der Waals surface area contributed by atoms with Gasteiger partial charge in [-0.05, 0) is 38.1 Å². The summed E-state index contributed by atoms with van der Waals surface area (Å²) in [4.78, 5) is 16.6. The van der Waals surface area contributed by atoms with Crippen molar-refractivity contribution in [2.24, 2.45) is 5.73 Å². The van der Waals surface area contributed by atoms with Gasteiger partial charge < -0.3 is 15.5 Å². The van der Waals surface area contributed by atoms with Crippen LogP contribution in [-0.2, 0) is 4.79 Å². The average Bonchev–Trinajstić information content (AvgIpc) is 2.64. The van der Waals surface area contributed by atoms with E-state index in [1.165, 1.54) is 0 Å². The first-order valence-electron chi connectivity index (χ1n) is 7.60. The van der Waals surface area contributed by atoms with Gasteiger partial charge >= 0.3 is 0 Å². The van der Waals surface area contributed by atoms with Crippen LogP contribution in [0.5, 0.6) is 0 Å². The fourth-order valence-electron chi connectivity index (χ4n) is 2.95. The summed E-state index contributed by atoms with van der Waals surface area (Å²) in [6, 6.07) is 17.6. The molecule has 0 saturated carbocycles. The van der Waals surface area contributed by atoms with E-state index in [2.05, 4.69) is 4.90 Å². The van der Waals surface area contributed by atoms with Crippen molar-refractivity contribution in [3.63, 3.8) is 0 Å². The molecule has 0 aromatic heterocycles. The maximum atomic E-state index is 12.7. The van der Waals surface area contributed by atoms with Crippen LogP contribution in [0.1, 0.15) is 13.8 Å². The highest BCUT2D eigenvalue weighted by Gasteiger charge is 2.33. The lowest BCUT2D eigenvalue weighted by Crippen LogP contribution is -2.49. The molecule has 0 saturated heterocycles. The van der Waals surface area contributed by atoms with E-state index in [4.69, 9.17) is 5.73 Å². The summed E-state index contributed by atoms with van der Waals surface area (Å²) in [6.07, 6.45) is 0. The summed E-state index contributed by atoms with van der Waals surface area (Å²) >= 11 is 0. The van der Waals surface area contributed by atoms with Crippen LogP contribution in [0, 0.1) is 0 Å². The van der Waals surface area contributed by atoms with Crippen molar-refractivity contribution in [1.82, 2.24) is 0 Å². The second-order valence-corrected chi connectivity index (χ2v) is 5.84. The summed E-state index contributed by atoms with van der Waals surface area (Å²) in [5, 5.41) is 0. The van der Waals surface area contributed by atoms with Crippen molar-refractivity contribution in [2.45, 2.75) is 25.9 Å². The molecule has 1 aliphatic rings. The van der Waals surface area contributed by atoms with Crippen LogP contribution in [-0.4, -0.2) is 24.5 Å². The van der Waals surface area contributed by atoms with E-state index in [1.807, 2.05) is 73.3 Å².